The topological polar surface area (TPSA) is 79.9 Å². The molecule has 0 radical (unpaired) electrons. The van der Waals surface area contributed by atoms with E-state index in [2.05, 4.69) is 17.6 Å². The molecule has 3 unspecified atom stereocenters. The van der Waals surface area contributed by atoms with E-state index >= 15 is 0 Å². The van der Waals surface area contributed by atoms with Gasteiger partial charge in [0.05, 0.1) is 25.8 Å². The van der Waals surface area contributed by atoms with Gasteiger partial charge in [-0.05, 0) is 26.3 Å². The number of hydrogen-bond acceptors (Lipinski definition) is 5. The molecule has 2 saturated heterocycles. The molecule has 7 nitrogen and oxygen atoms in total. The second-order valence-electron chi connectivity index (χ2n) is 6.98. The third-order valence-electron chi connectivity index (χ3n) is 5.23. The van der Waals surface area contributed by atoms with E-state index in [-0.39, 0.29) is 48.6 Å². The van der Waals surface area contributed by atoms with Crippen LogP contribution in [0.4, 0.5) is 5.69 Å². The zero-order chi connectivity index (χ0) is 18.7. The number of nitrogens with one attached hydrogen (secondary N) is 2. The van der Waals surface area contributed by atoms with Crippen LogP contribution in [0.15, 0.2) is 18.2 Å². The van der Waals surface area contributed by atoms with Crippen LogP contribution in [0.3, 0.4) is 0 Å². The van der Waals surface area contributed by atoms with Gasteiger partial charge in [0.25, 0.3) is 0 Å². The first-order valence-electron chi connectivity index (χ1n) is 9.09. The van der Waals surface area contributed by atoms with Crippen LogP contribution in [0.25, 0.3) is 0 Å². The molecule has 2 N–H and O–H groups in total. The van der Waals surface area contributed by atoms with E-state index in [4.69, 9.17) is 9.47 Å². The number of amides is 2. The number of nitrogens with zero attached hydrogens (tertiary/aromatic N) is 1. The lowest BCUT2D eigenvalue weighted by molar-refractivity contribution is -0.127. The quantitative estimate of drug-likeness (QED) is 0.791. The number of ether oxygens (including phenoxy) is 2. The van der Waals surface area contributed by atoms with Gasteiger partial charge in [0.15, 0.2) is 0 Å². The number of piperidine rings is 1. The minimum Gasteiger partial charge on any atom is -0.497 e. The molecule has 0 bridgehead atoms. The van der Waals surface area contributed by atoms with Crippen LogP contribution in [0.5, 0.6) is 11.5 Å². The van der Waals surface area contributed by atoms with Crippen molar-refractivity contribution in [3.63, 3.8) is 0 Å². The van der Waals surface area contributed by atoms with Crippen LogP contribution >= 0.6 is 12.4 Å². The highest BCUT2D eigenvalue weighted by Gasteiger charge is 2.37. The minimum absolute atomic E-state index is 0. The molecule has 0 saturated carbocycles. The summed E-state index contributed by atoms with van der Waals surface area (Å²) in [5.41, 5.74) is 0.689. The summed E-state index contributed by atoms with van der Waals surface area (Å²) in [6.45, 7) is 3.44. The van der Waals surface area contributed by atoms with Crippen molar-refractivity contribution in [3.8, 4) is 11.5 Å². The molecule has 2 aliphatic heterocycles. The average molecular weight is 398 g/mol. The molecule has 8 heteroatoms. The van der Waals surface area contributed by atoms with E-state index < -0.39 is 0 Å². The van der Waals surface area contributed by atoms with Gasteiger partial charge in [-0.25, -0.2) is 0 Å². The van der Waals surface area contributed by atoms with E-state index in [1.165, 1.54) is 0 Å². The van der Waals surface area contributed by atoms with Gasteiger partial charge < -0.3 is 25.0 Å². The van der Waals surface area contributed by atoms with Crippen molar-refractivity contribution in [2.75, 3.05) is 32.2 Å². The predicted molar refractivity (Wildman–Crippen MR) is 106 cm³/mol. The van der Waals surface area contributed by atoms with Crippen molar-refractivity contribution >= 4 is 29.9 Å². The molecule has 2 amide bonds. The fourth-order valence-corrected chi connectivity index (χ4v) is 3.62. The Labute approximate surface area is 166 Å². The molecular weight excluding hydrogens is 370 g/mol. The standard InChI is InChI=1S/C19H27N3O4.ClH/c1-12-17(5-4-6-20-12)21-19(24)13-7-18(23)22(11-13)14-8-15(25-2)10-16(9-14)26-3;/h8-10,12-13,17,20H,4-7,11H2,1-3H3,(H,21,24);1H. The third-order valence-corrected chi connectivity index (χ3v) is 5.23. The summed E-state index contributed by atoms with van der Waals surface area (Å²) in [6, 6.07) is 5.70. The zero-order valence-corrected chi connectivity index (χ0v) is 16.8. The highest BCUT2D eigenvalue weighted by molar-refractivity contribution is 6.00. The van der Waals surface area contributed by atoms with Crippen molar-refractivity contribution < 1.29 is 19.1 Å². The highest BCUT2D eigenvalue weighted by atomic mass is 35.5. The predicted octanol–water partition coefficient (Wildman–Crippen LogP) is 1.74. The molecule has 27 heavy (non-hydrogen) atoms. The van der Waals surface area contributed by atoms with Crippen molar-refractivity contribution in [1.82, 2.24) is 10.6 Å². The van der Waals surface area contributed by atoms with Crippen LogP contribution in [-0.4, -0.2) is 51.2 Å². The van der Waals surface area contributed by atoms with E-state index in [9.17, 15) is 9.59 Å². The smallest absolute Gasteiger partial charge is 0.227 e. The number of benzene rings is 1. The molecule has 0 aromatic heterocycles. The van der Waals surface area contributed by atoms with Gasteiger partial charge in [-0.2, -0.15) is 0 Å². The SMILES string of the molecule is COc1cc(OC)cc(N2CC(C(=O)NC3CCCNC3C)CC2=O)c1.Cl. The monoisotopic (exact) mass is 397 g/mol. The van der Waals surface area contributed by atoms with Crippen molar-refractivity contribution in [1.29, 1.82) is 0 Å². The van der Waals surface area contributed by atoms with E-state index in [1.54, 1.807) is 37.3 Å². The maximum absolute atomic E-state index is 12.7. The molecule has 2 fully saturated rings. The number of methoxy groups -OCH3 is 2. The average Bonchev–Trinajstić information content (AvgIpc) is 3.05. The third kappa shape index (κ3) is 4.84. The summed E-state index contributed by atoms with van der Waals surface area (Å²) in [4.78, 5) is 26.8. The van der Waals surface area contributed by atoms with Crippen LogP contribution < -0.4 is 25.0 Å². The molecular formula is C19H28ClN3O4. The Hall–Kier alpha value is -1.99. The Kier molecular flexibility index (Phi) is 7.33. The normalized spacial score (nSPS) is 24.9. The Morgan fingerprint density at radius 2 is 1.89 bits per heavy atom. The fraction of sp³-hybridized carbons (Fsp3) is 0.579. The second-order valence-corrected chi connectivity index (χ2v) is 6.98. The zero-order valence-electron chi connectivity index (χ0n) is 16.0. The van der Waals surface area contributed by atoms with E-state index in [1.807, 2.05) is 0 Å². The molecule has 3 rings (SSSR count). The molecule has 1 aromatic carbocycles. The van der Waals surface area contributed by atoms with Gasteiger partial charge in [0.1, 0.15) is 11.5 Å². The van der Waals surface area contributed by atoms with Gasteiger partial charge in [-0.3, -0.25) is 9.59 Å². The maximum Gasteiger partial charge on any atom is 0.227 e. The maximum atomic E-state index is 12.7. The first-order valence-corrected chi connectivity index (χ1v) is 9.09. The van der Waals surface area contributed by atoms with Crippen molar-refractivity contribution in [2.45, 2.75) is 38.3 Å². The Bertz CT molecular complexity index is 663. The molecule has 3 atom stereocenters. The van der Waals surface area contributed by atoms with Crippen LogP contribution in [-0.2, 0) is 9.59 Å². The molecule has 2 heterocycles. The summed E-state index contributed by atoms with van der Waals surface area (Å²) in [7, 11) is 3.14. The second kappa shape index (κ2) is 9.28. The van der Waals surface area contributed by atoms with Gasteiger partial charge in [0, 0.05) is 43.2 Å². The van der Waals surface area contributed by atoms with Gasteiger partial charge in [-0.15, -0.1) is 12.4 Å². The van der Waals surface area contributed by atoms with Crippen LogP contribution in [0.1, 0.15) is 26.2 Å². The van der Waals surface area contributed by atoms with E-state index in [0.29, 0.717) is 23.7 Å². The number of halogens is 1. The number of rotatable bonds is 5. The summed E-state index contributed by atoms with van der Waals surface area (Å²) in [5.74, 6) is 0.782. The molecule has 1 aromatic rings. The summed E-state index contributed by atoms with van der Waals surface area (Å²) in [6.07, 6.45) is 2.24. The summed E-state index contributed by atoms with van der Waals surface area (Å²) in [5, 5.41) is 6.50. The van der Waals surface area contributed by atoms with Crippen molar-refractivity contribution in [3.05, 3.63) is 18.2 Å². The van der Waals surface area contributed by atoms with E-state index in [0.717, 1.165) is 19.4 Å². The van der Waals surface area contributed by atoms with Crippen molar-refractivity contribution in [2.24, 2.45) is 5.92 Å². The molecule has 150 valence electrons. The highest BCUT2D eigenvalue weighted by Crippen LogP contribution is 2.32. The number of anilines is 1. The molecule has 0 spiro atoms. The Morgan fingerprint density at radius 3 is 2.48 bits per heavy atom. The largest absolute Gasteiger partial charge is 0.497 e. The molecule has 2 aliphatic rings. The first-order chi connectivity index (χ1) is 12.5. The summed E-state index contributed by atoms with van der Waals surface area (Å²) < 4.78 is 10.5. The van der Waals surface area contributed by atoms with Gasteiger partial charge in [-0.1, -0.05) is 0 Å². The number of hydrogen-bond donors (Lipinski definition) is 2. The van der Waals surface area contributed by atoms with Gasteiger partial charge >= 0.3 is 0 Å². The first kappa shape index (κ1) is 21.3. The van der Waals surface area contributed by atoms with Crippen LogP contribution in [0, 0.1) is 5.92 Å². The number of carbonyl (C=O) groups excluding carboxylic acids is 2. The van der Waals surface area contributed by atoms with Gasteiger partial charge in [0.2, 0.25) is 11.8 Å². The lowest BCUT2D eigenvalue weighted by Crippen LogP contribution is -2.53. The van der Waals surface area contributed by atoms with Crippen LogP contribution in [0.2, 0.25) is 0 Å². The Balaban J connectivity index is 0.00000261. The number of carbonyl (C=O) groups is 2. The fourth-order valence-electron chi connectivity index (χ4n) is 3.62. The molecule has 0 aliphatic carbocycles. The minimum atomic E-state index is -0.339. The lowest BCUT2D eigenvalue weighted by Gasteiger charge is -2.31. The summed E-state index contributed by atoms with van der Waals surface area (Å²) >= 11 is 0. The Morgan fingerprint density at radius 1 is 1.22 bits per heavy atom. The lowest BCUT2D eigenvalue weighted by atomic mass is 9.98.